The fourth-order valence-electron chi connectivity index (χ4n) is 2.29. The number of carbonyl (C=O) groups is 1. The van der Waals surface area contributed by atoms with Gasteiger partial charge in [-0.15, -0.1) is 11.3 Å². The molecule has 0 fully saturated rings. The Morgan fingerprint density at radius 1 is 1.27 bits per heavy atom. The number of carbonyl (C=O) groups excluding carboxylic acids is 1. The largest absolute Gasteiger partial charge is 0.464 e. The molecule has 1 aromatic carbocycles. The van der Waals surface area contributed by atoms with E-state index in [1.54, 1.807) is 4.57 Å². The van der Waals surface area contributed by atoms with Crippen molar-refractivity contribution in [1.82, 2.24) is 9.55 Å². The summed E-state index contributed by atoms with van der Waals surface area (Å²) >= 11 is 1.48. The monoisotopic (exact) mass is 314 g/mol. The molecule has 0 spiro atoms. The molecule has 0 N–H and O–H groups in total. The summed E-state index contributed by atoms with van der Waals surface area (Å²) in [4.78, 5) is 28.2. The Kier molecular flexibility index (Phi) is 4.02. The van der Waals surface area contributed by atoms with Crippen LogP contribution in [0.1, 0.15) is 6.92 Å². The van der Waals surface area contributed by atoms with Gasteiger partial charge in [0, 0.05) is 17.9 Å². The second kappa shape index (κ2) is 6.11. The van der Waals surface area contributed by atoms with Crippen LogP contribution in [0.5, 0.6) is 0 Å². The van der Waals surface area contributed by atoms with Gasteiger partial charge in [0.15, 0.2) is 0 Å². The molecular weight excluding hydrogens is 300 g/mol. The minimum atomic E-state index is -0.357. The predicted molar refractivity (Wildman–Crippen MR) is 85.9 cm³/mol. The second-order valence-corrected chi connectivity index (χ2v) is 5.63. The van der Waals surface area contributed by atoms with E-state index in [1.165, 1.54) is 18.3 Å². The van der Waals surface area contributed by atoms with Crippen molar-refractivity contribution in [3.05, 3.63) is 52.3 Å². The molecule has 0 saturated carbocycles. The lowest BCUT2D eigenvalue weighted by molar-refractivity contribution is -0.141. The molecule has 2 aromatic heterocycles. The number of ether oxygens (including phenoxy) is 1. The molecule has 3 aromatic rings. The number of benzene rings is 1. The summed E-state index contributed by atoms with van der Waals surface area (Å²) in [6.45, 7) is 1.81. The van der Waals surface area contributed by atoms with E-state index in [4.69, 9.17) is 4.74 Å². The van der Waals surface area contributed by atoms with E-state index in [-0.39, 0.29) is 18.3 Å². The van der Waals surface area contributed by atoms with Crippen molar-refractivity contribution >= 4 is 27.5 Å². The molecule has 0 radical (unpaired) electrons. The highest BCUT2D eigenvalue weighted by molar-refractivity contribution is 7.16. The number of aromatic nitrogens is 2. The molecule has 0 aliphatic carbocycles. The third-order valence-electron chi connectivity index (χ3n) is 3.25. The van der Waals surface area contributed by atoms with Crippen LogP contribution >= 0.6 is 11.3 Å². The van der Waals surface area contributed by atoms with Crippen LogP contribution in [-0.4, -0.2) is 22.1 Å². The van der Waals surface area contributed by atoms with Crippen LogP contribution in [0.3, 0.4) is 0 Å². The highest BCUT2D eigenvalue weighted by atomic mass is 32.1. The topological polar surface area (TPSA) is 61.2 Å². The van der Waals surface area contributed by atoms with Gasteiger partial charge in [0.1, 0.15) is 11.4 Å². The highest BCUT2D eigenvalue weighted by Gasteiger charge is 2.13. The van der Waals surface area contributed by atoms with Gasteiger partial charge in [-0.2, -0.15) is 4.98 Å². The first-order valence-corrected chi connectivity index (χ1v) is 7.71. The molecule has 2 heterocycles. The Morgan fingerprint density at radius 2 is 2.05 bits per heavy atom. The Labute approximate surface area is 130 Å². The summed E-state index contributed by atoms with van der Waals surface area (Å²) in [6.07, 6.45) is 0. The van der Waals surface area contributed by atoms with Crippen LogP contribution in [0.2, 0.25) is 0 Å². The summed E-state index contributed by atoms with van der Waals surface area (Å²) in [5.74, 6) is -0.357. The van der Waals surface area contributed by atoms with Crippen LogP contribution in [0.25, 0.3) is 21.5 Å². The summed E-state index contributed by atoms with van der Waals surface area (Å²) in [5, 5.41) is 2.86. The predicted octanol–water partition coefficient (Wildman–Crippen LogP) is 2.69. The number of thiophene rings is 1. The van der Waals surface area contributed by atoms with Crippen molar-refractivity contribution in [3.63, 3.8) is 0 Å². The zero-order chi connectivity index (χ0) is 15.5. The first-order chi connectivity index (χ1) is 10.7. The molecule has 0 amide bonds. The normalized spacial score (nSPS) is 10.8. The first kappa shape index (κ1) is 14.5. The fourth-order valence-corrected chi connectivity index (χ4v) is 3.21. The molecule has 5 nitrogen and oxygen atoms in total. The Bertz CT molecular complexity index is 868. The maximum atomic E-state index is 12.3. The molecule has 0 aliphatic heterocycles. The van der Waals surface area contributed by atoms with E-state index in [9.17, 15) is 9.59 Å². The molecule has 22 heavy (non-hydrogen) atoms. The lowest BCUT2D eigenvalue weighted by Crippen LogP contribution is -2.25. The van der Waals surface area contributed by atoms with Crippen LogP contribution in [-0.2, 0) is 16.1 Å². The summed E-state index contributed by atoms with van der Waals surface area (Å²) in [5.41, 5.74) is 1.27. The molecule has 6 heteroatoms. The van der Waals surface area contributed by atoms with Crippen molar-refractivity contribution < 1.29 is 9.53 Å². The van der Waals surface area contributed by atoms with Gasteiger partial charge in [0.25, 0.3) is 0 Å². The maximum Gasteiger partial charge on any atom is 0.349 e. The van der Waals surface area contributed by atoms with Crippen LogP contribution < -0.4 is 5.69 Å². The lowest BCUT2D eigenvalue weighted by Gasteiger charge is -2.09. The van der Waals surface area contributed by atoms with Gasteiger partial charge in [-0.3, -0.25) is 9.36 Å². The molecular formula is C16H14N2O3S. The zero-order valence-corrected chi connectivity index (χ0v) is 12.8. The van der Waals surface area contributed by atoms with E-state index in [0.717, 1.165) is 15.8 Å². The van der Waals surface area contributed by atoms with Gasteiger partial charge in [-0.05, 0) is 11.4 Å². The van der Waals surface area contributed by atoms with E-state index in [0.29, 0.717) is 12.2 Å². The smallest absolute Gasteiger partial charge is 0.349 e. The molecule has 0 unspecified atom stereocenters. The maximum absolute atomic E-state index is 12.3. The highest BCUT2D eigenvalue weighted by Crippen LogP contribution is 2.28. The lowest BCUT2D eigenvalue weighted by atomic mass is 10.1. The van der Waals surface area contributed by atoms with Gasteiger partial charge < -0.3 is 4.74 Å². The van der Waals surface area contributed by atoms with Crippen LogP contribution in [0, 0.1) is 0 Å². The number of hydrogen-bond acceptors (Lipinski definition) is 5. The fraction of sp³-hybridized carbons (Fsp3) is 0.188. The second-order valence-electron chi connectivity index (χ2n) is 4.74. The number of fused-ring (bicyclic) bond motifs is 1. The van der Waals surface area contributed by atoms with Gasteiger partial charge in [0.2, 0.25) is 0 Å². The summed E-state index contributed by atoms with van der Waals surface area (Å²) in [6, 6.07) is 11.6. The van der Waals surface area contributed by atoms with Crippen LogP contribution in [0.15, 0.2) is 46.6 Å². The van der Waals surface area contributed by atoms with Crippen molar-refractivity contribution in [3.8, 4) is 11.3 Å². The van der Waals surface area contributed by atoms with Gasteiger partial charge in [0.05, 0.1) is 12.2 Å². The van der Waals surface area contributed by atoms with Gasteiger partial charge in [-0.1, -0.05) is 30.3 Å². The molecule has 0 saturated heterocycles. The first-order valence-electron chi connectivity index (χ1n) is 6.83. The Morgan fingerprint density at radius 3 is 2.77 bits per heavy atom. The van der Waals surface area contributed by atoms with E-state index >= 15 is 0 Å². The quantitative estimate of drug-likeness (QED) is 0.695. The minimum absolute atomic E-state index is 0.161. The number of hydrogen-bond donors (Lipinski definition) is 0. The summed E-state index contributed by atoms with van der Waals surface area (Å²) < 4.78 is 6.47. The van der Waals surface area contributed by atoms with Crippen molar-refractivity contribution in [1.29, 1.82) is 0 Å². The van der Waals surface area contributed by atoms with E-state index in [1.807, 2.05) is 41.8 Å². The molecule has 3 rings (SSSR count). The molecule has 0 aliphatic rings. The van der Waals surface area contributed by atoms with Gasteiger partial charge in [-0.25, -0.2) is 4.79 Å². The third-order valence-corrected chi connectivity index (χ3v) is 4.19. The number of rotatable bonds is 4. The summed E-state index contributed by atoms with van der Waals surface area (Å²) in [7, 11) is 0. The number of nitrogens with zero attached hydrogens (tertiary/aromatic N) is 2. The van der Waals surface area contributed by atoms with Crippen molar-refractivity contribution in [2.24, 2.45) is 0 Å². The Balaban J connectivity index is 2.06. The van der Waals surface area contributed by atoms with Gasteiger partial charge >= 0.3 is 11.7 Å². The molecule has 0 bridgehead atoms. The van der Waals surface area contributed by atoms with E-state index in [2.05, 4.69) is 4.98 Å². The minimum Gasteiger partial charge on any atom is -0.464 e. The van der Waals surface area contributed by atoms with Crippen molar-refractivity contribution in [2.75, 3.05) is 6.61 Å². The number of esters is 1. The van der Waals surface area contributed by atoms with Crippen LogP contribution in [0.4, 0.5) is 0 Å². The average molecular weight is 314 g/mol. The Hall–Kier alpha value is -2.47. The van der Waals surface area contributed by atoms with E-state index < -0.39 is 0 Å². The average Bonchev–Trinajstić information content (AvgIpc) is 2.99. The molecule has 0 atom stereocenters. The third kappa shape index (κ3) is 2.78. The van der Waals surface area contributed by atoms with Crippen molar-refractivity contribution in [2.45, 2.75) is 13.5 Å². The zero-order valence-electron chi connectivity index (χ0n) is 12.0. The standard InChI is InChI=1S/C16H14N2O3S/c1-11(19)21-9-8-18-15-13(7-10-22-15)14(17-16(18)20)12-5-3-2-4-6-12/h2-7,10H,8-9H2,1H3. The molecule has 112 valence electrons. The SMILES string of the molecule is CC(=O)OCCn1c(=O)nc(-c2ccccc2)c2ccsc21.